The molecule has 0 aliphatic carbocycles. The number of benzene rings is 2. The van der Waals surface area contributed by atoms with Crippen LogP contribution in [-0.4, -0.2) is 17.4 Å². The van der Waals surface area contributed by atoms with Crippen molar-refractivity contribution in [1.82, 2.24) is 5.32 Å². The first kappa shape index (κ1) is 16.5. The summed E-state index contributed by atoms with van der Waals surface area (Å²) in [6.45, 7) is 4.61. The molecule has 4 nitrogen and oxygen atoms in total. The highest BCUT2D eigenvalue weighted by atomic mass is 35.5. The molecule has 0 amide bonds. The highest BCUT2D eigenvalue weighted by Crippen LogP contribution is 2.49. The number of ether oxygens (including phenoxy) is 2. The molecule has 1 fully saturated rings. The summed E-state index contributed by atoms with van der Waals surface area (Å²) < 4.78 is 12.3. The number of nitrogens with one attached hydrogen (secondary N) is 1. The van der Waals surface area contributed by atoms with Gasteiger partial charge in [-0.05, 0) is 50.3 Å². The van der Waals surface area contributed by atoms with Crippen LogP contribution in [0.15, 0.2) is 42.5 Å². The van der Waals surface area contributed by atoms with Gasteiger partial charge in [-0.3, -0.25) is 4.90 Å². The molecule has 0 aromatic heterocycles. The van der Waals surface area contributed by atoms with Crippen molar-refractivity contribution < 1.29 is 9.47 Å². The Morgan fingerprint density at radius 3 is 2.92 bits per heavy atom. The fraction of sp³-hybridized carbons (Fsp3) is 0.316. The number of fused-ring (bicyclic) bond motifs is 4. The molecule has 0 unspecified atom stereocenters. The summed E-state index contributed by atoms with van der Waals surface area (Å²) in [4.78, 5) is 2.00. The normalized spacial score (nSPS) is 24.2. The lowest BCUT2D eigenvalue weighted by Crippen LogP contribution is -2.65. The van der Waals surface area contributed by atoms with Crippen molar-refractivity contribution in [2.75, 3.05) is 11.5 Å². The summed E-state index contributed by atoms with van der Waals surface area (Å²) in [6.07, 6.45) is 0.766. The second kappa shape index (κ2) is 6.07. The van der Waals surface area contributed by atoms with Crippen LogP contribution in [0, 0.1) is 0 Å². The molecule has 1 saturated heterocycles. The molecule has 130 valence electrons. The van der Waals surface area contributed by atoms with Gasteiger partial charge in [0, 0.05) is 22.7 Å². The fourth-order valence-corrected chi connectivity index (χ4v) is 4.26. The van der Waals surface area contributed by atoms with Gasteiger partial charge >= 0.3 is 0 Å². The number of nitrogens with zero attached hydrogens (tertiary/aromatic N) is 1. The van der Waals surface area contributed by atoms with Crippen LogP contribution < -0.4 is 19.7 Å². The van der Waals surface area contributed by atoms with Crippen molar-refractivity contribution in [2.24, 2.45) is 0 Å². The Kier molecular flexibility index (Phi) is 4.01. The van der Waals surface area contributed by atoms with E-state index < -0.39 is 5.72 Å². The summed E-state index contributed by atoms with van der Waals surface area (Å²) >= 11 is 11.8. The molecular formula is C19H19ClN2O2S. The molecule has 0 radical (unpaired) electrons. The van der Waals surface area contributed by atoms with Gasteiger partial charge in [-0.2, -0.15) is 0 Å². The molecule has 2 heterocycles. The zero-order valence-electron chi connectivity index (χ0n) is 14.1. The first-order valence-corrected chi connectivity index (χ1v) is 9.11. The Morgan fingerprint density at radius 2 is 2.16 bits per heavy atom. The van der Waals surface area contributed by atoms with Gasteiger partial charge in [-0.25, -0.2) is 0 Å². The molecule has 4 rings (SSSR count). The maximum atomic E-state index is 6.48. The third-order valence-electron chi connectivity index (χ3n) is 4.63. The van der Waals surface area contributed by atoms with E-state index in [-0.39, 0.29) is 6.04 Å². The number of thiocarbonyl (C=S) groups is 1. The van der Waals surface area contributed by atoms with Crippen molar-refractivity contribution in [3.63, 3.8) is 0 Å². The van der Waals surface area contributed by atoms with Gasteiger partial charge < -0.3 is 14.8 Å². The van der Waals surface area contributed by atoms with E-state index in [2.05, 4.69) is 18.3 Å². The molecule has 2 aromatic rings. The number of rotatable bonds is 3. The lowest BCUT2D eigenvalue weighted by atomic mass is 9.90. The second-order valence-electron chi connectivity index (χ2n) is 6.41. The van der Waals surface area contributed by atoms with Crippen LogP contribution in [0.25, 0.3) is 0 Å². The number of hydrogen-bond acceptors (Lipinski definition) is 3. The smallest absolute Gasteiger partial charge is 0.188 e. The van der Waals surface area contributed by atoms with Crippen molar-refractivity contribution >= 4 is 34.6 Å². The van der Waals surface area contributed by atoms with Crippen molar-refractivity contribution in [3.05, 3.63) is 53.1 Å². The summed E-state index contributed by atoms with van der Waals surface area (Å²) in [5.74, 6) is 1.54. The van der Waals surface area contributed by atoms with E-state index in [0.29, 0.717) is 16.7 Å². The molecule has 2 aliphatic rings. The minimum atomic E-state index is -0.613. The maximum absolute atomic E-state index is 6.48. The quantitative estimate of drug-likeness (QED) is 0.789. The van der Waals surface area contributed by atoms with Gasteiger partial charge in [0.05, 0.1) is 12.6 Å². The first-order chi connectivity index (χ1) is 12.0. The van der Waals surface area contributed by atoms with Gasteiger partial charge in [0.25, 0.3) is 0 Å². The highest BCUT2D eigenvalue weighted by molar-refractivity contribution is 7.80. The molecular weight excluding hydrogens is 356 g/mol. The summed E-state index contributed by atoms with van der Waals surface area (Å²) in [7, 11) is 0. The molecule has 2 aliphatic heterocycles. The number of hydrogen-bond donors (Lipinski definition) is 1. The van der Waals surface area contributed by atoms with Gasteiger partial charge in [-0.15, -0.1) is 0 Å². The van der Waals surface area contributed by atoms with Crippen LogP contribution in [0.5, 0.6) is 11.5 Å². The van der Waals surface area contributed by atoms with Crippen LogP contribution in [0.4, 0.5) is 5.69 Å². The van der Waals surface area contributed by atoms with Crippen LogP contribution in [0.2, 0.25) is 5.02 Å². The molecule has 0 spiro atoms. The number of halogens is 1. The average Bonchev–Trinajstić information content (AvgIpc) is 2.55. The van der Waals surface area contributed by atoms with E-state index in [1.54, 1.807) is 0 Å². The molecule has 1 N–H and O–H groups in total. The monoisotopic (exact) mass is 374 g/mol. The summed E-state index contributed by atoms with van der Waals surface area (Å²) in [5, 5.41) is 4.74. The number of anilines is 1. The minimum Gasteiger partial charge on any atom is -0.490 e. The summed E-state index contributed by atoms with van der Waals surface area (Å²) in [6, 6.07) is 13.7. The topological polar surface area (TPSA) is 33.7 Å². The average molecular weight is 375 g/mol. The largest absolute Gasteiger partial charge is 0.490 e. The van der Waals surface area contributed by atoms with Crippen LogP contribution in [0.3, 0.4) is 0 Å². The van der Waals surface area contributed by atoms with Crippen LogP contribution >= 0.6 is 23.8 Å². The van der Waals surface area contributed by atoms with Gasteiger partial charge in [0.15, 0.2) is 22.3 Å². The first-order valence-electron chi connectivity index (χ1n) is 8.33. The lowest BCUT2D eigenvalue weighted by Gasteiger charge is -2.52. The zero-order chi connectivity index (χ0) is 17.6. The standard InChI is InChI=1S/C19H19ClN2O2S/c1-3-23-16-9-5-8-14-15-11-19(2,24-17(14)16)22(18(25)21-15)13-7-4-6-12(20)10-13/h4-10,15H,3,11H2,1-2H3,(H,21,25)/t15-,19+/m1/s1. The lowest BCUT2D eigenvalue weighted by molar-refractivity contribution is 0.0457. The molecule has 2 aromatic carbocycles. The van der Waals surface area contributed by atoms with E-state index in [1.807, 2.05) is 48.2 Å². The fourth-order valence-electron chi connectivity index (χ4n) is 3.64. The van der Waals surface area contributed by atoms with Crippen LogP contribution in [0.1, 0.15) is 31.9 Å². The second-order valence-corrected chi connectivity index (χ2v) is 7.23. The van der Waals surface area contributed by atoms with E-state index >= 15 is 0 Å². The molecule has 2 bridgehead atoms. The SMILES string of the molecule is CCOc1cccc2c1O[C@@]1(C)C[C@H]2NC(=S)N1c1cccc(Cl)c1. The highest BCUT2D eigenvalue weighted by Gasteiger charge is 2.49. The number of para-hydroxylation sites is 1. The zero-order valence-corrected chi connectivity index (χ0v) is 15.7. The van der Waals surface area contributed by atoms with E-state index in [4.69, 9.17) is 33.3 Å². The Balaban J connectivity index is 1.81. The molecule has 6 heteroatoms. The Labute approximate surface area is 157 Å². The summed E-state index contributed by atoms with van der Waals surface area (Å²) in [5.41, 5.74) is 1.37. The predicted molar refractivity (Wildman–Crippen MR) is 104 cm³/mol. The Morgan fingerprint density at radius 1 is 1.36 bits per heavy atom. The Hall–Kier alpha value is -1.98. The van der Waals surface area contributed by atoms with Crippen molar-refractivity contribution in [1.29, 1.82) is 0 Å². The van der Waals surface area contributed by atoms with E-state index in [0.717, 1.165) is 29.2 Å². The van der Waals surface area contributed by atoms with Crippen molar-refractivity contribution in [3.8, 4) is 11.5 Å². The Bertz CT molecular complexity index is 844. The molecule has 2 atom stereocenters. The maximum Gasteiger partial charge on any atom is 0.188 e. The van der Waals surface area contributed by atoms with Gasteiger partial charge in [0.1, 0.15) is 0 Å². The van der Waals surface area contributed by atoms with Gasteiger partial charge in [-0.1, -0.05) is 29.8 Å². The third kappa shape index (κ3) is 2.71. The van der Waals surface area contributed by atoms with E-state index in [1.165, 1.54) is 0 Å². The third-order valence-corrected chi connectivity index (χ3v) is 5.17. The van der Waals surface area contributed by atoms with E-state index in [9.17, 15) is 0 Å². The molecule has 0 saturated carbocycles. The molecule has 25 heavy (non-hydrogen) atoms. The predicted octanol–water partition coefficient (Wildman–Crippen LogP) is 4.67. The van der Waals surface area contributed by atoms with Crippen LogP contribution in [-0.2, 0) is 0 Å². The minimum absolute atomic E-state index is 0.0945. The van der Waals surface area contributed by atoms with Crippen molar-refractivity contribution in [2.45, 2.75) is 32.0 Å². The van der Waals surface area contributed by atoms with Gasteiger partial charge in [0.2, 0.25) is 0 Å².